The Morgan fingerprint density at radius 3 is 2.54 bits per heavy atom. The summed E-state index contributed by atoms with van der Waals surface area (Å²) in [6.07, 6.45) is 5.10. The fourth-order valence-corrected chi connectivity index (χ4v) is 7.09. The zero-order valence-electron chi connectivity index (χ0n) is 22.2. The molecular weight excluding hydrogens is 502 g/mol. The number of imidazole rings is 1. The molecule has 1 amide bonds. The molecule has 3 fully saturated rings. The highest BCUT2D eigenvalue weighted by Gasteiger charge is 2.69. The molecule has 1 saturated heterocycles. The van der Waals surface area contributed by atoms with Crippen molar-refractivity contribution < 1.29 is 22.8 Å². The van der Waals surface area contributed by atoms with E-state index in [2.05, 4.69) is 27.9 Å². The average Bonchev–Trinajstić information content (AvgIpc) is 3.18. The fraction of sp³-hybridized carbons (Fsp3) is 0.433. The Kier molecular flexibility index (Phi) is 5.46. The van der Waals surface area contributed by atoms with Gasteiger partial charge in [-0.2, -0.15) is 0 Å². The van der Waals surface area contributed by atoms with Crippen LogP contribution in [0.3, 0.4) is 0 Å². The molecule has 7 rings (SSSR count). The van der Waals surface area contributed by atoms with E-state index in [1.165, 1.54) is 6.07 Å². The third-order valence-electron chi connectivity index (χ3n) is 9.04. The van der Waals surface area contributed by atoms with Gasteiger partial charge < -0.3 is 13.8 Å². The Balaban J connectivity index is 1.40. The molecule has 39 heavy (non-hydrogen) atoms. The largest absolute Gasteiger partial charge is 0.381 e. The van der Waals surface area contributed by atoms with Crippen LogP contribution in [0, 0.1) is 31.4 Å². The summed E-state index contributed by atoms with van der Waals surface area (Å²) in [6.45, 7) is 3.82. The molecule has 4 aromatic rings. The van der Waals surface area contributed by atoms with E-state index in [9.17, 15) is 13.6 Å². The lowest BCUT2D eigenvalue weighted by molar-refractivity contribution is -0.118. The second kappa shape index (κ2) is 8.71. The van der Waals surface area contributed by atoms with Gasteiger partial charge in [-0.15, -0.1) is 0 Å². The Morgan fingerprint density at radius 2 is 1.85 bits per heavy atom. The van der Waals surface area contributed by atoms with Crippen molar-refractivity contribution in [1.82, 2.24) is 14.7 Å². The molecule has 0 N–H and O–H groups in total. The summed E-state index contributed by atoms with van der Waals surface area (Å²) >= 11 is 0. The first-order chi connectivity index (χ1) is 18.8. The van der Waals surface area contributed by atoms with Gasteiger partial charge in [0.05, 0.1) is 22.8 Å². The fourth-order valence-electron chi connectivity index (χ4n) is 7.09. The molecule has 3 heterocycles. The van der Waals surface area contributed by atoms with Crippen LogP contribution in [-0.4, -0.2) is 33.8 Å². The van der Waals surface area contributed by atoms with Gasteiger partial charge >= 0.3 is 0 Å². The molecule has 0 spiro atoms. The zero-order chi connectivity index (χ0) is 27.1. The molecule has 9 heteroatoms. The second-order valence-corrected chi connectivity index (χ2v) is 11.2. The molecule has 0 bridgehead atoms. The summed E-state index contributed by atoms with van der Waals surface area (Å²) in [7, 11) is 1.76. The maximum absolute atomic E-state index is 14.3. The van der Waals surface area contributed by atoms with Crippen molar-refractivity contribution in [3.63, 3.8) is 0 Å². The summed E-state index contributed by atoms with van der Waals surface area (Å²) in [5.74, 6) is -0.330. The summed E-state index contributed by atoms with van der Waals surface area (Å²) < 4.78 is 41.5. The van der Waals surface area contributed by atoms with Crippen LogP contribution in [0.1, 0.15) is 61.8 Å². The van der Waals surface area contributed by atoms with Crippen molar-refractivity contribution in [2.24, 2.45) is 5.92 Å². The first kappa shape index (κ1) is 24.5. The van der Waals surface area contributed by atoms with Gasteiger partial charge in [0.25, 0.3) is 0 Å². The van der Waals surface area contributed by atoms with E-state index < -0.39 is 17.2 Å². The minimum absolute atomic E-state index is 0.0750. The number of anilines is 1. The van der Waals surface area contributed by atoms with Crippen LogP contribution in [-0.2, 0) is 15.1 Å². The Hall–Kier alpha value is -3.59. The molecular formula is C30H30F2N4O3. The SMILES string of the molecule is COC1CCC(n2c(C34CC3CC(=O)N4c3ccc(F)c(F)c3)nc3cc(-c4c(C)noc4C)ccc32)CC1. The summed E-state index contributed by atoms with van der Waals surface area (Å²) in [4.78, 5) is 20.2. The number of carbonyl (C=O) groups is 1. The number of nitrogens with zero attached hydrogens (tertiary/aromatic N) is 4. The number of methoxy groups -OCH3 is 1. The van der Waals surface area contributed by atoms with E-state index in [1.807, 2.05) is 13.8 Å². The number of ether oxygens (including phenoxy) is 1. The van der Waals surface area contributed by atoms with E-state index in [1.54, 1.807) is 12.0 Å². The molecule has 2 unspecified atom stereocenters. The van der Waals surface area contributed by atoms with Crippen LogP contribution in [0.2, 0.25) is 0 Å². The number of carbonyl (C=O) groups excluding carboxylic acids is 1. The maximum atomic E-state index is 14.3. The van der Waals surface area contributed by atoms with Crippen LogP contribution >= 0.6 is 0 Å². The first-order valence-electron chi connectivity index (χ1n) is 13.6. The van der Waals surface area contributed by atoms with E-state index in [4.69, 9.17) is 14.2 Å². The van der Waals surface area contributed by atoms with E-state index in [0.717, 1.165) is 83.7 Å². The number of halogens is 2. The van der Waals surface area contributed by atoms with E-state index in [-0.39, 0.29) is 24.0 Å². The number of benzene rings is 2. The molecule has 2 aromatic carbocycles. The number of amides is 1. The maximum Gasteiger partial charge on any atom is 0.228 e. The lowest BCUT2D eigenvalue weighted by Gasteiger charge is -2.34. The van der Waals surface area contributed by atoms with Gasteiger partial charge in [0.1, 0.15) is 17.1 Å². The van der Waals surface area contributed by atoms with Gasteiger partial charge in [-0.1, -0.05) is 11.2 Å². The summed E-state index contributed by atoms with van der Waals surface area (Å²) in [5, 5.41) is 4.12. The normalized spacial score (nSPS) is 26.4. The van der Waals surface area contributed by atoms with Crippen LogP contribution < -0.4 is 4.90 Å². The smallest absolute Gasteiger partial charge is 0.228 e. The number of rotatable bonds is 5. The van der Waals surface area contributed by atoms with Gasteiger partial charge in [-0.05, 0) is 75.8 Å². The second-order valence-electron chi connectivity index (χ2n) is 11.2. The molecule has 2 saturated carbocycles. The predicted molar refractivity (Wildman–Crippen MR) is 141 cm³/mol. The van der Waals surface area contributed by atoms with Crippen LogP contribution in [0.25, 0.3) is 22.2 Å². The molecule has 1 aliphatic heterocycles. The molecule has 2 aliphatic carbocycles. The molecule has 0 radical (unpaired) electrons. The third-order valence-corrected chi connectivity index (χ3v) is 9.04. The highest BCUT2D eigenvalue weighted by molar-refractivity contribution is 6.00. The van der Waals surface area contributed by atoms with Gasteiger partial charge in [0.15, 0.2) is 11.6 Å². The number of hydrogen-bond donors (Lipinski definition) is 0. The van der Waals surface area contributed by atoms with Crippen molar-refractivity contribution >= 4 is 22.6 Å². The van der Waals surface area contributed by atoms with Gasteiger partial charge in [0, 0.05) is 42.8 Å². The molecule has 7 nitrogen and oxygen atoms in total. The molecule has 2 atom stereocenters. The Labute approximate surface area is 224 Å². The van der Waals surface area contributed by atoms with Gasteiger partial charge in [-0.25, -0.2) is 13.8 Å². The molecule has 3 aliphatic rings. The summed E-state index contributed by atoms with van der Waals surface area (Å²) in [5.41, 5.74) is 4.28. The van der Waals surface area contributed by atoms with Crippen molar-refractivity contribution in [2.75, 3.05) is 12.0 Å². The monoisotopic (exact) mass is 532 g/mol. The number of hydrogen-bond acceptors (Lipinski definition) is 5. The first-order valence-corrected chi connectivity index (χ1v) is 13.6. The number of aryl methyl sites for hydroxylation is 2. The minimum Gasteiger partial charge on any atom is -0.381 e. The number of fused-ring (bicyclic) bond motifs is 2. The van der Waals surface area contributed by atoms with Crippen molar-refractivity contribution in [2.45, 2.75) is 70.1 Å². The van der Waals surface area contributed by atoms with E-state index >= 15 is 0 Å². The van der Waals surface area contributed by atoms with Crippen molar-refractivity contribution in [3.8, 4) is 11.1 Å². The van der Waals surface area contributed by atoms with Crippen molar-refractivity contribution in [1.29, 1.82) is 0 Å². The Bertz CT molecular complexity index is 1600. The van der Waals surface area contributed by atoms with E-state index in [0.29, 0.717) is 12.1 Å². The molecule has 202 valence electrons. The summed E-state index contributed by atoms with van der Waals surface area (Å²) in [6, 6.07) is 10.1. The Morgan fingerprint density at radius 1 is 1.05 bits per heavy atom. The van der Waals surface area contributed by atoms with Gasteiger partial charge in [-0.3, -0.25) is 9.69 Å². The highest BCUT2D eigenvalue weighted by atomic mass is 19.2. The number of piperidine rings is 1. The topological polar surface area (TPSA) is 73.4 Å². The molecule has 2 aromatic heterocycles. The lowest BCUT2D eigenvalue weighted by Crippen LogP contribution is -2.39. The highest BCUT2D eigenvalue weighted by Crippen LogP contribution is 2.64. The number of aromatic nitrogens is 3. The van der Waals surface area contributed by atoms with Crippen LogP contribution in [0.15, 0.2) is 40.9 Å². The lowest BCUT2D eigenvalue weighted by atomic mass is 9.92. The van der Waals surface area contributed by atoms with Crippen LogP contribution in [0.5, 0.6) is 0 Å². The van der Waals surface area contributed by atoms with Gasteiger partial charge in [0.2, 0.25) is 5.91 Å². The zero-order valence-corrected chi connectivity index (χ0v) is 22.2. The average molecular weight is 533 g/mol. The van der Waals surface area contributed by atoms with Crippen LogP contribution in [0.4, 0.5) is 14.5 Å². The standard InChI is InChI=1S/C30H30F2N4O3/c1-16-28(17(2)39-34-16)18-4-11-26-25(12-18)33-29(35(26)20-5-8-22(38-3)9-6-20)30-15-19(30)13-27(37)36(30)21-7-10-23(31)24(32)14-21/h4,7,10-12,14,19-20,22H,5-6,8-9,13,15H2,1-3H3. The predicted octanol–water partition coefficient (Wildman–Crippen LogP) is 6.37. The third kappa shape index (κ3) is 3.58. The van der Waals surface area contributed by atoms with Crippen molar-refractivity contribution in [3.05, 3.63) is 65.3 Å². The minimum atomic E-state index is -0.963. The quantitative estimate of drug-likeness (QED) is 0.299.